The SMILES string of the molecule is Cc1cc(Nc2cc(C)c(F)c(CC3(C(=O)O)CCN(Cc4cccc(Cl)c4F)CC3)n2)n[nH]1. The van der Waals surface area contributed by atoms with E-state index in [1.807, 2.05) is 11.8 Å². The van der Waals surface area contributed by atoms with Gasteiger partial charge in [-0.3, -0.25) is 14.8 Å². The molecule has 34 heavy (non-hydrogen) atoms. The minimum Gasteiger partial charge on any atom is -0.481 e. The van der Waals surface area contributed by atoms with Gasteiger partial charge >= 0.3 is 5.97 Å². The fraction of sp³-hybridized carbons (Fsp3) is 0.375. The van der Waals surface area contributed by atoms with Gasteiger partial charge in [0.05, 0.1) is 16.1 Å². The molecule has 0 aliphatic carbocycles. The first-order valence-corrected chi connectivity index (χ1v) is 11.4. The summed E-state index contributed by atoms with van der Waals surface area (Å²) in [5.41, 5.74) is 0.632. The van der Waals surface area contributed by atoms with Crippen LogP contribution in [0, 0.1) is 30.9 Å². The first kappa shape index (κ1) is 24.1. The van der Waals surface area contributed by atoms with E-state index in [0.717, 1.165) is 5.69 Å². The van der Waals surface area contributed by atoms with Crippen LogP contribution in [0.2, 0.25) is 5.02 Å². The van der Waals surface area contributed by atoms with Crippen molar-refractivity contribution in [3.05, 3.63) is 69.5 Å². The van der Waals surface area contributed by atoms with Gasteiger partial charge in [-0.15, -0.1) is 0 Å². The van der Waals surface area contributed by atoms with E-state index in [0.29, 0.717) is 55.2 Å². The van der Waals surface area contributed by atoms with Crippen LogP contribution < -0.4 is 5.32 Å². The van der Waals surface area contributed by atoms with E-state index in [1.165, 1.54) is 6.07 Å². The first-order chi connectivity index (χ1) is 16.2. The van der Waals surface area contributed by atoms with Crippen molar-refractivity contribution in [2.24, 2.45) is 5.41 Å². The zero-order valence-corrected chi connectivity index (χ0v) is 19.7. The number of aryl methyl sites for hydroxylation is 2. The van der Waals surface area contributed by atoms with Crippen molar-refractivity contribution < 1.29 is 18.7 Å². The maximum atomic E-state index is 15.0. The molecular formula is C24H26ClF2N5O2. The molecule has 0 bridgehead atoms. The normalized spacial score (nSPS) is 15.9. The number of H-pyrrole nitrogens is 1. The summed E-state index contributed by atoms with van der Waals surface area (Å²) < 4.78 is 29.3. The van der Waals surface area contributed by atoms with E-state index in [4.69, 9.17) is 11.6 Å². The lowest BCUT2D eigenvalue weighted by Gasteiger charge is -2.39. The summed E-state index contributed by atoms with van der Waals surface area (Å²) in [7, 11) is 0. The zero-order chi connectivity index (χ0) is 24.5. The molecule has 3 aromatic rings. The standard InChI is InChI=1S/C24H26ClF2N5O2/c1-14-10-19(29-20-11-15(2)30-31-20)28-18(21(14)26)12-24(23(33)34)6-8-32(9-7-24)13-16-4-3-5-17(25)22(16)27/h3-5,10-11H,6-9,12-13H2,1-2H3,(H,33,34)(H2,28,29,30,31). The van der Waals surface area contributed by atoms with E-state index in [1.54, 1.807) is 31.2 Å². The summed E-state index contributed by atoms with van der Waals surface area (Å²) in [5.74, 6) is -1.02. The number of anilines is 2. The van der Waals surface area contributed by atoms with E-state index in [2.05, 4.69) is 20.5 Å². The third-order valence-corrected chi connectivity index (χ3v) is 6.66. The van der Waals surface area contributed by atoms with Crippen LogP contribution in [-0.4, -0.2) is 44.2 Å². The lowest BCUT2D eigenvalue weighted by atomic mass is 9.74. The second-order valence-corrected chi connectivity index (χ2v) is 9.30. The molecule has 0 spiro atoms. The number of benzene rings is 1. The number of carboxylic acids is 1. The van der Waals surface area contributed by atoms with Crippen molar-refractivity contribution in [1.82, 2.24) is 20.1 Å². The number of aromatic amines is 1. The maximum absolute atomic E-state index is 15.0. The summed E-state index contributed by atoms with van der Waals surface area (Å²) in [4.78, 5) is 18.7. The van der Waals surface area contributed by atoms with Gasteiger partial charge in [0.25, 0.3) is 0 Å². The topological polar surface area (TPSA) is 94.1 Å². The minimum atomic E-state index is -1.16. The first-order valence-electron chi connectivity index (χ1n) is 11.0. The zero-order valence-electron chi connectivity index (χ0n) is 19.0. The van der Waals surface area contributed by atoms with E-state index >= 15 is 0 Å². The fourth-order valence-electron chi connectivity index (χ4n) is 4.35. The molecule has 1 aliphatic rings. The molecule has 3 N–H and O–H groups in total. The highest BCUT2D eigenvalue weighted by Crippen LogP contribution is 2.37. The van der Waals surface area contributed by atoms with E-state index < -0.39 is 23.0 Å². The Morgan fingerprint density at radius 1 is 1.21 bits per heavy atom. The quantitative estimate of drug-likeness (QED) is 0.432. The smallest absolute Gasteiger partial charge is 0.310 e. The monoisotopic (exact) mass is 489 g/mol. The molecule has 1 fully saturated rings. The van der Waals surface area contributed by atoms with Crippen LogP contribution in [0.4, 0.5) is 20.4 Å². The van der Waals surface area contributed by atoms with Crippen molar-refractivity contribution in [2.45, 2.75) is 39.7 Å². The number of aromatic nitrogens is 3. The van der Waals surface area contributed by atoms with Crippen molar-refractivity contribution >= 4 is 29.2 Å². The molecule has 180 valence electrons. The van der Waals surface area contributed by atoms with Gasteiger partial charge in [-0.2, -0.15) is 5.10 Å². The molecule has 4 rings (SSSR count). The Morgan fingerprint density at radius 3 is 2.59 bits per heavy atom. The summed E-state index contributed by atoms with van der Waals surface area (Å²) in [6.45, 7) is 4.68. The average Bonchev–Trinajstić information content (AvgIpc) is 3.20. The van der Waals surface area contributed by atoms with Crippen LogP contribution in [0.25, 0.3) is 0 Å². The number of likely N-dealkylation sites (tertiary alicyclic amines) is 1. The largest absolute Gasteiger partial charge is 0.481 e. The molecule has 1 aromatic carbocycles. The summed E-state index contributed by atoms with van der Waals surface area (Å²) >= 11 is 5.88. The third kappa shape index (κ3) is 5.05. The van der Waals surface area contributed by atoms with Crippen LogP contribution in [-0.2, 0) is 17.8 Å². The van der Waals surface area contributed by atoms with Gasteiger partial charge in [0.15, 0.2) is 5.82 Å². The van der Waals surface area contributed by atoms with Crippen molar-refractivity contribution in [3.8, 4) is 0 Å². The van der Waals surface area contributed by atoms with E-state index in [-0.39, 0.29) is 17.1 Å². The second-order valence-electron chi connectivity index (χ2n) is 8.90. The van der Waals surface area contributed by atoms with Gasteiger partial charge in [0, 0.05) is 30.3 Å². The molecule has 0 radical (unpaired) electrons. The molecule has 1 aliphatic heterocycles. The predicted molar refractivity (Wildman–Crippen MR) is 125 cm³/mol. The molecule has 0 unspecified atom stereocenters. The van der Waals surface area contributed by atoms with Crippen molar-refractivity contribution in [2.75, 3.05) is 18.4 Å². The Kier molecular flexibility index (Phi) is 6.86. The molecule has 10 heteroatoms. The number of aliphatic carboxylic acids is 1. The van der Waals surface area contributed by atoms with Crippen molar-refractivity contribution in [3.63, 3.8) is 0 Å². The number of pyridine rings is 1. The lowest BCUT2D eigenvalue weighted by molar-refractivity contribution is -0.152. The number of nitrogens with zero attached hydrogens (tertiary/aromatic N) is 3. The van der Waals surface area contributed by atoms with Gasteiger partial charge in [0.2, 0.25) is 0 Å². The summed E-state index contributed by atoms with van der Waals surface area (Å²) in [5, 5.41) is 20.1. The number of carboxylic acid groups (broad SMARTS) is 1. The number of piperidine rings is 1. The molecule has 0 atom stereocenters. The summed E-state index contributed by atoms with van der Waals surface area (Å²) in [6, 6.07) is 8.21. The molecule has 2 aromatic heterocycles. The van der Waals surface area contributed by atoms with Crippen LogP contribution in [0.15, 0.2) is 30.3 Å². The average molecular weight is 490 g/mol. The predicted octanol–water partition coefficient (Wildman–Crippen LogP) is 5.01. The van der Waals surface area contributed by atoms with Crippen LogP contribution in [0.3, 0.4) is 0 Å². The highest BCUT2D eigenvalue weighted by molar-refractivity contribution is 6.30. The molecule has 7 nitrogen and oxygen atoms in total. The Balaban J connectivity index is 1.51. The third-order valence-electron chi connectivity index (χ3n) is 6.37. The van der Waals surface area contributed by atoms with Crippen LogP contribution in [0.1, 0.15) is 35.4 Å². The molecule has 1 saturated heterocycles. The van der Waals surface area contributed by atoms with Gasteiger partial charge in [-0.1, -0.05) is 23.7 Å². The number of hydrogen-bond acceptors (Lipinski definition) is 5. The van der Waals surface area contributed by atoms with Gasteiger partial charge < -0.3 is 10.4 Å². The van der Waals surface area contributed by atoms with Gasteiger partial charge in [-0.05, 0) is 57.5 Å². The van der Waals surface area contributed by atoms with Crippen LogP contribution in [0.5, 0.6) is 0 Å². The lowest BCUT2D eigenvalue weighted by Crippen LogP contribution is -2.45. The molecule has 0 amide bonds. The van der Waals surface area contributed by atoms with Crippen LogP contribution >= 0.6 is 11.6 Å². The Bertz CT molecular complexity index is 1210. The Hall–Kier alpha value is -3.04. The van der Waals surface area contributed by atoms with Gasteiger partial charge in [-0.25, -0.2) is 13.8 Å². The molecule has 3 heterocycles. The number of rotatable bonds is 7. The Morgan fingerprint density at radius 2 is 1.94 bits per heavy atom. The highest BCUT2D eigenvalue weighted by Gasteiger charge is 2.43. The highest BCUT2D eigenvalue weighted by atomic mass is 35.5. The van der Waals surface area contributed by atoms with Crippen molar-refractivity contribution in [1.29, 1.82) is 0 Å². The number of carbonyl (C=O) groups is 1. The summed E-state index contributed by atoms with van der Waals surface area (Å²) in [6.07, 6.45) is 0.547. The minimum absolute atomic E-state index is 0.0382. The number of hydrogen-bond donors (Lipinski definition) is 3. The molecule has 0 saturated carbocycles. The molecular weight excluding hydrogens is 464 g/mol. The Labute approximate surface area is 201 Å². The number of halogens is 3. The van der Waals surface area contributed by atoms with E-state index in [9.17, 15) is 18.7 Å². The van der Waals surface area contributed by atoms with Gasteiger partial charge in [0.1, 0.15) is 17.5 Å². The number of nitrogens with one attached hydrogen (secondary N) is 2. The maximum Gasteiger partial charge on any atom is 0.310 e. The second kappa shape index (κ2) is 9.68. The fourth-order valence-corrected chi connectivity index (χ4v) is 4.55.